The number of phenolic OH excluding ortho intramolecular Hbond substituents is 1. The largest absolute Gasteiger partial charge is 0.508 e. The molecule has 0 fully saturated rings. The Morgan fingerprint density at radius 2 is 1.60 bits per heavy atom. The van der Waals surface area contributed by atoms with Gasteiger partial charge in [0.05, 0.1) is 6.10 Å². The van der Waals surface area contributed by atoms with Crippen molar-refractivity contribution in [1.29, 1.82) is 0 Å². The van der Waals surface area contributed by atoms with E-state index in [1.807, 2.05) is 83.8 Å². The Kier molecular flexibility index (Phi) is 4.30. The molecular formula is C26H21NO3. The van der Waals surface area contributed by atoms with Crippen molar-refractivity contribution in [1.82, 2.24) is 0 Å². The van der Waals surface area contributed by atoms with Crippen molar-refractivity contribution in [2.45, 2.75) is 18.1 Å². The first-order chi connectivity index (χ1) is 14.6. The van der Waals surface area contributed by atoms with Crippen LogP contribution < -0.4 is 4.90 Å². The van der Waals surface area contributed by atoms with Crippen LogP contribution in [0.5, 0.6) is 5.75 Å². The normalized spacial score (nSPS) is 22.7. The number of rotatable bonds is 3. The fourth-order valence-corrected chi connectivity index (χ4v) is 4.58. The number of anilines is 1. The van der Waals surface area contributed by atoms with Crippen LogP contribution >= 0.6 is 0 Å². The number of para-hydroxylation sites is 1. The number of benzene rings is 3. The van der Waals surface area contributed by atoms with Crippen LogP contribution in [-0.2, 0) is 5.54 Å². The van der Waals surface area contributed by atoms with Gasteiger partial charge in [0.1, 0.15) is 11.3 Å². The highest BCUT2D eigenvalue weighted by molar-refractivity contribution is 6.14. The number of hydrogen-bond acceptors (Lipinski definition) is 3. The van der Waals surface area contributed by atoms with Gasteiger partial charge in [0.2, 0.25) is 0 Å². The third-order valence-corrected chi connectivity index (χ3v) is 5.88. The lowest BCUT2D eigenvalue weighted by molar-refractivity contribution is 0.0986. The molecule has 1 aliphatic heterocycles. The van der Waals surface area contributed by atoms with Crippen molar-refractivity contribution in [2.75, 3.05) is 4.90 Å². The third kappa shape index (κ3) is 2.61. The second-order valence-corrected chi connectivity index (χ2v) is 7.60. The minimum atomic E-state index is -0.903. The molecule has 0 saturated carbocycles. The monoisotopic (exact) mass is 395 g/mol. The van der Waals surface area contributed by atoms with Gasteiger partial charge in [0.15, 0.2) is 0 Å². The first kappa shape index (κ1) is 18.4. The maximum atomic E-state index is 13.7. The number of aliphatic hydroxyl groups excluding tert-OH is 1. The Bertz CT molecular complexity index is 1160. The minimum Gasteiger partial charge on any atom is -0.508 e. The Morgan fingerprint density at radius 3 is 2.30 bits per heavy atom. The Hall–Kier alpha value is -3.63. The van der Waals surface area contributed by atoms with Crippen molar-refractivity contribution in [3.63, 3.8) is 0 Å². The van der Waals surface area contributed by atoms with Gasteiger partial charge in [-0.15, -0.1) is 0 Å². The Morgan fingerprint density at radius 1 is 0.900 bits per heavy atom. The molecular weight excluding hydrogens is 374 g/mol. The van der Waals surface area contributed by atoms with Gasteiger partial charge >= 0.3 is 0 Å². The summed E-state index contributed by atoms with van der Waals surface area (Å²) >= 11 is 0. The van der Waals surface area contributed by atoms with E-state index >= 15 is 0 Å². The van der Waals surface area contributed by atoms with E-state index in [-0.39, 0.29) is 11.7 Å². The number of carbonyl (C=O) groups is 1. The molecule has 5 rings (SSSR count). The zero-order valence-corrected chi connectivity index (χ0v) is 16.3. The molecule has 0 spiro atoms. The number of hydrogen-bond donors (Lipinski definition) is 2. The molecule has 3 aromatic rings. The van der Waals surface area contributed by atoms with Gasteiger partial charge < -0.3 is 10.2 Å². The molecule has 30 heavy (non-hydrogen) atoms. The van der Waals surface area contributed by atoms with Crippen LogP contribution in [0.2, 0.25) is 0 Å². The number of aliphatic hydroxyl groups is 1. The zero-order valence-electron chi connectivity index (χ0n) is 16.3. The van der Waals surface area contributed by atoms with Crippen molar-refractivity contribution in [2.24, 2.45) is 0 Å². The molecule has 2 atom stereocenters. The summed E-state index contributed by atoms with van der Waals surface area (Å²) in [6.07, 6.45) is 5.62. The first-order valence-corrected chi connectivity index (χ1v) is 9.98. The van der Waals surface area contributed by atoms with Gasteiger partial charge in [-0.3, -0.25) is 9.69 Å². The number of nitrogens with zero attached hydrogens (tertiary/aromatic N) is 1. The highest BCUT2D eigenvalue weighted by Gasteiger charge is 2.53. The smallest absolute Gasteiger partial charge is 0.260 e. The van der Waals surface area contributed by atoms with E-state index in [1.165, 1.54) is 0 Å². The lowest BCUT2D eigenvalue weighted by Gasteiger charge is -2.42. The summed E-state index contributed by atoms with van der Waals surface area (Å²) in [5.74, 6) is 0.0895. The number of carbonyl (C=O) groups excluding carboxylic acids is 1. The SMILES string of the molecule is O=C1c2ccccc2C(C2=CCC(O)C=C2)(c2ccc(O)cc2)N1c1ccccc1. The minimum absolute atomic E-state index is 0.0784. The second kappa shape index (κ2) is 7.01. The number of fused-ring (bicyclic) bond motifs is 1. The highest BCUT2D eigenvalue weighted by Crippen LogP contribution is 2.52. The van der Waals surface area contributed by atoms with Gasteiger partial charge in [-0.1, -0.05) is 66.8 Å². The van der Waals surface area contributed by atoms with Crippen LogP contribution in [0.25, 0.3) is 0 Å². The van der Waals surface area contributed by atoms with E-state index in [4.69, 9.17) is 0 Å². The molecule has 4 heteroatoms. The van der Waals surface area contributed by atoms with E-state index in [1.54, 1.807) is 18.2 Å². The van der Waals surface area contributed by atoms with Crippen molar-refractivity contribution in [3.05, 3.63) is 119 Å². The van der Waals surface area contributed by atoms with E-state index in [0.717, 1.165) is 22.4 Å². The quantitative estimate of drug-likeness (QED) is 0.684. The summed E-state index contributed by atoms with van der Waals surface area (Å²) in [6.45, 7) is 0. The van der Waals surface area contributed by atoms with E-state index in [9.17, 15) is 15.0 Å². The molecule has 1 aliphatic carbocycles. The second-order valence-electron chi connectivity index (χ2n) is 7.60. The van der Waals surface area contributed by atoms with Crippen molar-refractivity contribution >= 4 is 11.6 Å². The third-order valence-electron chi connectivity index (χ3n) is 5.88. The van der Waals surface area contributed by atoms with Gasteiger partial charge in [0.25, 0.3) is 5.91 Å². The molecule has 3 aromatic carbocycles. The molecule has 2 unspecified atom stereocenters. The molecule has 0 radical (unpaired) electrons. The van der Waals surface area contributed by atoms with Gasteiger partial charge in [-0.25, -0.2) is 0 Å². The molecule has 2 aliphatic rings. The van der Waals surface area contributed by atoms with Crippen molar-refractivity contribution in [3.8, 4) is 5.75 Å². The Labute approximate surface area is 175 Å². The molecule has 0 saturated heterocycles. The maximum absolute atomic E-state index is 13.7. The summed E-state index contributed by atoms with van der Waals surface area (Å²) < 4.78 is 0. The van der Waals surface area contributed by atoms with E-state index in [2.05, 4.69) is 0 Å². The summed E-state index contributed by atoms with van der Waals surface area (Å²) in [5, 5.41) is 20.0. The summed E-state index contributed by atoms with van der Waals surface area (Å²) in [7, 11) is 0. The zero-order chi connectivity index (χ0) is 20.7. The van der Waals surface area contributed by atoms with Crippen molar-refractivity contribution < 1.29 is 15.0 Å². The fraction of sp³-hybridized carbons (Fsp3) is 0.115. The summed E-state index contributed by atoms with van der Waals surface area (Å²) in [4.78, 5) is 15.6. The van der Waals surface area contributed by atoms with E-state index < -0.39 is 11.6 Å². The van der Waals surface area contributed by atoms with Crippen LogP contribution in [0.3, 0.4) is 0 Å². The van der Waals surface area contributed by atoms with Crippen LogP contribution in [0.15, 0.2) is 103 Å². The predicted molar refractivity (Wildman–Crippen MR) is 116 cm³/mol. The Balaban J connectivity index is 1.87. The molecule has 1 amide bonds. The average molecular weight is 395 g/mol. The number of aromatic hydroxyl groups is 1. The molecule has 1 heterocycles. The van der Waals surface area contributed by atoms with Crippen LogP contribution in [-0.4, -0.2) is 22.2 Å². The molecule has 4 nitrogen and oxygen atoms in total. The van der Waals surface area contributed by atoms with Gasteiger partial charge in [-0.05, 0) is 53.5 Å². The molecule has 0 aromatic heterocycles. The van der Waals surface area contributed by atoms with Gasteiger partial charge in [0, 0.05) is 11.3 Å². The topological polar surface area (TPSA) is 60.8 Å². The predicted octanol–water partition coefficient (Wildman–Crippen LogP) is 4.54. The van der Waals surface area contributed by atoms with Crippen LogP contribution in [0, 0.1) is 0 Å². The maximum Gasteiger partial charge on any atom is 0.260 e. The summed E-state index contributed by atoms with van der Waals surface area (Å²) in [6, 6.07) is 24.3. The first-order valence-electron chi connectivity index (χ1n) is 9.98. The van der Waals surface area contributed by atoms with E-state index in [0.29, 0.717) is 12.0 Å². The fourth-order valence-electron chi connectivity index (χ4n) is 4.58. The molecule has 2 N–H and O–H groups in total. The lowest BCUT2D eigenvalue weighted by atomic mass is 9.74. The number of phenols is 1. The van der Waals surface area contributed by atoms with Crippen LogP contribution in [0.1, 0.15) is 27.9 Å². The summed E-state index contributed by atoms with van der Waals surface area (Å²) in [5.41, 5.74) is 3.20. The average Bonchev–Trinajstić information content (AvgIpc) is 3.05. The van der Waals surface area contributed by atoms with Gasteiger partial charge in [-0.2, -0.15) is 0 Å². The molecule has 148 valence electrons. The lowest BCUT2D eigenvalue weighted by Crippen LogP contribution is -2.46. The standard InChI is InChI=1S/C26H21NO3/c28-21-14-10-18(11-15-21)26(19-12-16-22(29)17-13-19)24-9-5-4-8-23(24)25(30)27(26)20-6-2-1-3-7-20/h1-16,22,28-29H,17H2. The molecule has 0 bridgehead atoms. The number of amides is 1. The van der Waals surface area contributed by atoms with Crippen LogP contribution in [0.4, 0.5) is 5.69 Å². The highest BCUT2D eigenvalue weighted by atomic mass is 16.3.